The fraction of sp³-hybridized carbons (Fsp3) is 0.435. The molecule has 0 aliphatic rings. The Balaban J connectivity index is 2.08. The fourth-order valence-electron chi connectivity index (χ4n) is 3.20. The maximum Gasteiger partial charge on any atom is 0.308 e. The monoisotopic (exact) mass is 473 g/mol. The van der Waals surface area contributed by atoms with Crippen molar-refractivity contribution in [2.24, 2.45) is 10.8 Å². The Kier molecular flexibility index (Phi) is 10.9. The van der Waals surface area contributed by atoms with E-state index in [2.05, 4.69) is 10.0 Å². The highest BCUT2D eigenvalue weighted by Gasteiger charge is 2.32. The van der Waals surface area contributed by atoms with E-state index in [-0.39, 0.29) is 13.0 Å². The van der Waals surface area contributed by atoms with Crippen LogP contribution in [-0.2, 0) is 32.6 Å². The number of unbranched alkanes of at least 4 members (excludes halogenated alkanes) is 1. The zero-order valence-electron chi connectivity index (χ0n) is 18.6. The topological polar surface area (TPSA) is 150 Å². The average molecular weight is 474 g/mol. The van der Waals surface area contributed by atoms with Gasteiger partial charge < -0.3 is 19.8 Å². The third kappa shape index (κ3) is 9.23. The van der Waals surface area contributed by atoms with Crippen LogP contribution in [0.3, 0.4) is 0 Å². The standard InChI is InChI=1S/C23H30N4O5S/c1-18(33(29)30)17-32-22(28)16-23(24,15-19-7-3-2-4-8-19)20-9-11-21(12-10-20)31-14-6-5-13-26-27-25/h2-4,7-12,18H,5-6,13-17,24H2,1H3,(H,29,30)/p-1/t18-,23?/m0/s1. The molecule has 178 valence electrons. The van der Waals surface area contributed by atoms with Crippen molar-refractivity contribution in [1.82, 2.24) is 0 Å². The lowest BCUT2D eigenvalue weighted by atomic mass is 9.82. The van der Waals surface area contributed by atoms with E-state index in [1.54, 1.807) is 12.1 Å². The van der Waals surface area contributed by atoms with Gasteiger partial charge in [-0.3, -0.25) is 9.00 Å². The van der Waals surface area contributed by atoms with Crippen molar-refractivity contribution in [1.29, 1.82) is 0 Å². The molecule has 2 aromatic carbocycles. The van der Waals surface area contributed by atoms with Crippen molar-refractivity contribution in [2.45, 2.75) is 43.4 Å². The molecule has 2 rings (SSSR count). The van der Waals surface area contributed by atoms with E-state index in [0.29, 0.717) is 25.3 Å². The van der Waals surface area contributed by atoms with E-state index in [4.69, 9.17) is 20.7 Å². The molecular weight excluding hydrogens is 444 g/mol. The number of benzene rings is 2. The van der Waals surface area contributed by atoms with Crippen LogP contribution in [0, 0.1) is 0 Å². The second kappa shape index (κ2) is 13.6. The second-order valence-corrected chi connectivity index (χ2v) is 9.11. The van der Waals surface area contributed by atoms with Gasteiger partial charge in [0.15, 0.2) is 0 Å². The van der Waals surface area contributed by atoms with Crippen LogP contribution in [0.5, 0.6) is 5.75 Å². The van der Waals surface area contributed by atoms with Gasteiger partial charge in [0.2, 0.25) is 0 Å². The van der Waals surface area contributed by atoms with Gasteiger partial charge in [-0.1, -0.05) is 47.6 Å². The van der Waals surface area contributed by atoms with Gasteiger partial charge in [0.05, 0.1) is 23.8 Å². The molecule has 0 aromatic heterocycles. The van der Waals surface area contributed by atoms with Gasteiger partial charge in [-0.2, -0.15) is 0 Å². The van der Waals surface area contributed by atoms with Crippen molar-refractivity contribution >= 4 is 17.0 Å². The Bertz CT molecular complexity index is 951. The summed E-state index contributed by atoms with van der Waals surface area (Å²) in [5.41, 5.74) is 15.7. The summed E-state index contributed by atoms with van der Waals surface area (Å²) in [6.07, 6.45) is 1.78. The predicted molar refractivity (Wildman–Crippen MR) is 125 cm³/mol. The first kappa shape index (κ1) is 26.3. The van der Waals surface area contributed by atoms with Gasteiger partial charge >= 0.3 is 5.97 Å². The number of hydrogen-bond donors (Lipinski definition) is 1. The van der Waals surface area contributed by atoms with Crippen LogP contribution in [0.1, 0.15) is 37.3 Å². The van der Waals surface area contributed by atoms with Crippen molar-refractivity contribution in [3.05, 3.63) is 76.2 Å². The highest BCUT2D eigenvalue weighted by Crippen LogP contribution is 2.29. The quantitative estimate of drug-likeness (QED) is 0.110. The van der Waals surface area contributed by atoms with Crippen LogP contribution in [-0.4, -0.2) is 39.7 Å². The summed E-state index contributed by atoms with van der Waals surface area (Å²) in [7, 11) is 0. The fourth-order valence-corrected chi connectivity index (χ4v) is 3.38. The van der Waals surface area contributed by atoms with Crippen molar-refractivity contribution in [2.75, 3.05) is 19.8 Å². The number of rotatable bonds is 14. The lowest BCUT2D eigenvalue weighted by molar-refractivity contribution is -0.145. The molecule has 0 fully saturated rings. The Morgan fingerprint density at radius 1 is 1.21 bits per heavy atom. The minimum absolute atomic E-state index is 0.111. The third-order valence-corrected chi connectivity index (χ3v) is 5.84. The number of hydrogen-bond acceptors (Lipinski definition) is 7. The summed E-state index contributed by atoms with van der Waals surface area (Å²) >= 11 is -2.32. The van der Waals surface area contributed by atoms with Crippen molar-refractivity contribution < 1.29 is 23.0 Å². The molecule has 2 N–H and O–H groups in total. The third-order valence-electron chi connectivity index (χ3n) is 5.04. The molecule has 0 aliphatic heterocycles. The summed E-state index contributed by atoms with van der Waals surface area (Å²) in [6, 6.07) is 16.8. The van der Waals surface area contributed by atoms with E-state index >= 15 is 0 Å². The molecule has 10 heteroatoms. The van der Waals surface area contributed by atoms with Crippen LogP contribution in [0.15, 0.2) is 59.7 Å². The van der Waals surface area contributed by atoms with Gasteiger partial charge in [-0.25, -0.2) is 0 Å². The molecule has 33 heavy (non-hydrogen) atoms. The number of nitrogens with zero attached hydrogens (tertiary/aromatic N) is 3. The number of esters is 1. The first-order chi connectivity index (χ1) is 15.8. The second-order valence-electron chi connectivity index (χ2n) is 7.78. The van der Waals surface area contributed by atoms with Crippen LogP contribution in [0.25, 0.3) is 10.4 Å². The summed E-state index contributed by atoms with van der Waals surface area (Å²) in [4.78, 5) is 15.2. The van der Waals surface area contributed by atoms with Crippen LogP contribution >= 0.6 is 0 Å². The zero-order chi connectivity index (χ0) is 24.1. The highest BCUT2D eigenvalue weighted by molar-refractivity contribution is 7.79. The lowest BCUT2D eigenvalue weighted by Crippen LogP contribution is -2.42. The molecule has 0 amide bonds. The van der Waals surface area contributed by atoms with Crippen LogP contribution in [0.4, 0.5) is 0 Å². The molecule has 0 heterocycles. The minimum Gasteiger partial charge on any atom is -0.772 e. The van der Waals surface area contributed by atoms with Crippen LogP contribution < -0.4 is 10.5 Å². The van der Waals surface area contributed by atoms with E-state index in [1.807, 2.05) is 42.5 Å². The van der Waals surface area contributed by atoms with E-state index in [9.17, 15) is 13.6 Å². The van der Waals surface area contributed by atoms with Gasteiger partial charge in [0.25, 0.3) is 0 Å². The maximum atomic E-state index is 12.5. The van der Waals surface area contributed by atoms with Crippen LogP contribution in [0.2, 0.25) is 0 Å². The van der Waals surface area contributed by atoms with Gasteiger partial charge in [-0.15, -0.1) is 0 Å². The predicted octanol–water partition coefficient (Wildman–Crippen LogP) is 3.75. The molecule has 2 unspecified atom stereocenters. The molecule has 9 nitrogen and oxygen atoms in total. The van der Waals surface area contributed by atoms with Gasteiger partial charge in [0, 0.05) is 11.5 Å². The SMILES string of the molecule is C[C@@H](COC(=O)CC(N)(Cc1ccccc1)c1ccc(OCCCCN=[N+]=[N-])cc1)S(=O)[O-]. The summed E-state index contributed by atoms with van der Waals surface area (Å²) < 4.78 is 32.9. The molecule has 0 radical (unpaired) electrons. The Labute approximate surface area is 196 Å². The Hall–Kier alpha value is -2.91. The smallest absolute Gasteiger partial charge is 0.308 e. The normalized spacial score (nSPS) is 14.4. The molecule has 0 saturated carbocycles. The molecule has 0 spiro atoms. The van der Waals surface area contributed by atoms with Gasteiger partial charge in [-0.05, 0) is 66.1 Å². The number of nitrogens with two attached hydrogens (primary N) is 1. The summed E-state index contributed by atoms with van der Waals surface area (Å²) in [5.74, 6) is 0.102. The molecule has 2 aromatic rings. The van der Waals surface area contributed by atoms with E-state index in [0.717, 1.165) is 24.0 Å². The van der Waals surface area contributed by atoms with E-state index < -0.39 is 27.8 Å². The number of carbonyl (C=O) groups is 1. The zero-order valence-corrected chi connectivity index (χ0v) is 19.4. The first-order valence-corrected chi connectivity index (χ1v) is 11.8. The van der Waals surface area contributed by atoms with Gasteiger partial charge in [0.1, 0.15) is 12.4 Å². The minimum atomic E-state index is -2.32. The molecular formula is C23H29N4O5S-. The maximum absolute atomic E-state index is 12.5. The highest BCUT2D eigenvalue weighted by atomic mass is 32.2. The molecule has 0 aliphatic carbocycles. The van der Waals surface area contributed by atoms with Crippen molar-refractivity contribution in [3.8, 4) is 5.75 Å². The van der Waals surface area contributed by atoms with E-state index in [1.165, 1.54) is 6.92 Å². The largest absolute Gasteiger partial charge is 0.772 e. The van der Waals surface area contributed by atoms with Crippen molar-refractivity contribution in [3.63, 3.8) is 0 Å². The first-order valence-electron chi connectivity index (χ1n) is 10.6. The number of ether oxygens (including phenoxy) is 2. The Morgan fingerprint density at radius 2 is 1.91 bits per heavy atom. The molecule has 3 atom stereocenters. The summed E-state index contributed by atoms with van der Waals surface area (Å²) in [6.45, 7) is 2.17. The molecule has 0 saturated heterocycles. The number of azide groups is 1. The number of carbonyl (C=O) groups excluding carboxylic acids is 1. The Morgan fingerprint density at radius 3 is 2.55 bits per heavy atom. The molecule has 0 bridgehead atoms. The lowest BCUT2D eigenvalue weighted by Gasteiger charge is -2.30. The average Bonchev–Trinajstić information content (AvgIpc) is 2.80. The summed E-state index contributed by atoms with van der Waals surface area (Å²) in [5, 5.41) is 2.69.